The van der Waals surface area contributed by atoms with Crippen molar-refractivity contribution in [1.29, 1.82) is 0 Å². The van der Waals surface area contributed by atoms with Crippen molar-refractivity contribution in [1.82, 2.24) is 0 Å². The fraction of sp³-hybridized carbons (Fsp3) is 0.216. The molecule has 0 spiro atoms. The molecule has 0 bridgehead atoms. The Labute approximate surface area is 502 Å². The largest absolute Gasteiger partial charge is 2.00 e. The summed E-state index contributed by atoms with van der Waals surface area (Å²) in [5.74, 6) is -0.535. The van der Waals surface area contributed by atoms with Gasteiger partial charge >= 0.3 is 19.5 Å². The summed E-state index contributed by atoms with van der Waals surface area (Å²) in [5, 5.41) is 26.5. The number of Topliss-reactive ketones (excluding diaryl/α,β-unsaturated/α-hetero) is 2. The number of hydrogen-bond donors (Lipinski definition) is 0. The average Bonchev–Trinajstić information content (AvgIpc) is 4.55. The van der Waals surface area contributed by atoms with Crippen LogP contribution in [0.25, 0.3) is 22.7 Å². The number of allylic oxidation sites excluding steroid dienone is 10. The molecule has 0 saturated heterocycles. The molecule has 4 aliphatic heterocycles. The Morgan fingerprint density at radius 2 is 0.542 bits per heavy atom. The van der Waals surface area contributed by atoms with Crippen LogP contribution < -0.4 is 10.2 Å². The molecule has 9 heteroatoms. The first-order chi connectivity index (χ1) is 38.8. The number of aliphatic imine (C=N–C) groups is 4. The van der Waals surface area contributed by atoms with Gasteiger partial charge in [-0.25, -0.2) is 20.0 Å². The predicted octanol–water partition coefficient (Wildman–Crippen LogP) is 15.3. The molecule has 83 heavy (non-hydrogen) atoms. The number of rotatable bonds is 10. The third-order valence-electron chi connectivity index (χ3n) is 14.6. The molecule has 0 saturated carbocycles. The molecule has 412 valence electrons. The zero-order valence-corrected chi connectivity index (χ0v) is 52.7. The van der Waals surface area contributed by atoms with Crippen LogP contribution in [0.15, 0.2) is 249 Å². The molecule has 6 aromatic rings. The Bertz CT molecular complexity index is 3570. The fourth-order valence-electron chi connectivity index (χ4n) is 9.59. The maximum atomic E-state index is 13.2. The van der Waals surface area contributed by atoms with Gasteiger partial charge < -0.3 is 10.2 Å². The topological polar surface area (TPSA) is 130 Å². The van der Waals surface area contributed by atoms with Crippen molar-refractivity contribution >= 4 is 57.1 Å². The summed E-state index contributed by atoms with van der Waals surface area (Å²) in [7, 11) is 0. The molecule has 0 aliphatic carbocycles. The van der Waals surface area contributed by atoms with Gasteiger partial charge in [-0.15, -0.1) is 0 Å². The van der Waals surface area contributed by atoms with Crippen molar-refractivity contribution < 1.29 is 39.3 Å². The molecular formula is C74H70N4O4Zn. The van der Waals surface area contributed by atoms with Gasteiger partial charge in [0.05, 0.1) is 34.2 Å². The quantitative estimate of drug-likeness (QED) is 0.0768. The van der Waals surface area contributed by atoms with Crippen molar-refractivity contribution in [2.75, 3.05) is 0 Å². The van der Waals surface area contributed by atoms with Gasteiger partial charge in [0, 0.05) is 22.3 Å². The van der Waals surface area contributed by atoms with Gasteiger partial charge in [0.15, 0.2) is 0 Å². The number of hydrogen-bond acceptors (Lipinski definition) is 8. The minimum atomic E-state index is -0.134. The first-order valence-electron chi connectivity index (χ1n) is 27.9. The number of carbonyl (C=O) groups excluding carboxylic acids is 2. The van der Waals surface area contributed by atoms with Gasteiger partial charge in [-0.05, 0) is 115 Å². The molecule has 4 aliphatic rings. The third kappa shape index (κ3) is 14.0. The monoisotopic (exact) mass is 1140 g/mol. The van der Waals surface area contributed by atoms with Crippen LogP contribution in [-0.4, -0.2) is 34.4 Å². The smallest absolute Gasteiger partial charge is 0.871 e. The molecule has 0 unspecified atom stereocenters. The second kappa shape index (κ2) is 24.5. The second-order valence-electron chi connectivity index (χ2n) is 25.0. The Morgan fingerprint density at radius 3 is 0.819 bits per heavy atom. The van der Waals surface area contributed by atoms with E-state index in [2.05, 4.69) is 119 Å². The Balaban J connectivity index is 0.000000214. The van der Waals surface area contributed by atoms with Gasteiger partial charge in [-0.1, -0.05) is 252 Å². The van der Waals surface area contributed by atoms with E-state index < -0.39 is 0 Å². The fourth-order valence-corrected chi connectivity index (χ4v) is 9.59. The number of nitrogens with zero attached hydrogens (tertiary/aromatic N) is 4. The van der Waals surface area contributed by atoms with Gasteiger partial charge in [0.25, 0.3) is 0 Å². The zero-order valence-electron chi connectivity index (χ0n) is 49.8. The molecule has 0 radical (unpaired) electrons. The number of ketones is 2. The van der Waals surface area contributed by atoms with E-state index in [9.17, 15) is 19.8 Å². The molecule has 4 heterocycles. The van der Waals surface area contributed by atoms with Gasteiger partial charge in [0.2, 0.25) is 11.6 Å². The summed E-state index contributed by atoms with van der Waals surface area (Å²) < 4.78 is 0. The SMILES string of the molecule is CC(C)(C)c1cc(/C(C2=N/C(=C(\[O-])c3ccccc3)C=C2)=C2\C=CC(C(=O)c3ccccc3)=N2)cc(C(C)(C)C)c1.CC(C)(C)c1cc(/C(C2=N/C(=C(\[O-])c3ccccc3)C=C2)=C2\C=CC(C(=O)c3ccccc3)=N2)cc(C(C)(C)C)c1.[Zn+2]. The van der Waals surface area contributed by atoms with E-state index in [-0.39, 0.29) is 64.2 Å². The van der Waals surface area contributed by atoms with Crippen molar-refractivity contribution in [2.45, 2.75) is 105 Å². The van der Waals surface area contributed by atoms with E-state index in [4.69, 9.17) is 20.0 Å². The molecule has 0 atom stereocenters. The van der Waals surface area contributed by atoms with E-state index in [1.165, 1.54) is 22.3 Å². The van der Waals surface area contributed by atoms with Crippen LogP contribution in [0.2, 0.25) is 0 Å². The number of benzene rings is 6. The van der Waals surface area contributed by atoms with Crippen LogP contribution >= 0.6 is 0 Å². The maximum absolute atomic E-state index is 13.2. The summed E-state index contributed by atoms with van der Waals surface area (Å²) in [6.07, 6.45) is 14.6. The van der Waals surface area contributed by atoms with Crippen molar-refractivity contribution in [2.24, 2.45) is 20.0 Å². The third-order valence-corrected chi connectivity index (χ3v) is 14.6. The summed E-state index contributed by atoms with van der Waals surface area (Å²) in [4.78, 5) is 45.8. The van der Waals surface area contributed by atoms with Crippen LogP contribution in [0, 0.1) is 0 Å². The Hall–Kier alpha value is -8.52. The zero-order chi connectivity index (χ0) is 58.7. The molecule has 0 aromatic heterocycles. The minimum Gasteiger partial charge on any atom is -0.871 e. The first kappa shape index (κ1) is 60.6. The van der Waals surface area contributed by atoms with E-state index >= 15 is 0 Å². The predicted molar refractivity (Wildman–Crippen MR) is 336 cm³/mol. The van der Waals surface area contributed by atoms with Crippen LogP contribution in [0.4, 0.5) is 0 Å². The maximum Gasteiger partial charge on any atom is 2.00 e. The summed E-state index contributed by atoms with van der Waals surface area (Å²) >= 11 is 0. The van der Waals surface area contributed by atoms with Crippen LogP contribution in [-0.2, 0) is 41.1 Å². The van der Waals surface area contributed by atoms with E-state index in [1.807, 2.05) is 97.1 Å². The normalized spacial score (nSPS) is 17.2. The van der Waals surface area contributed by atoms with E-state index in [1.54, 1.807) is 72.8 Å². The molecule has 0 N–H and O–H groups in total. The van der Waals surface area contributed by atoms with Gasteiger partial charge in [0.1, 0.15) is 11.4 Å². The first-order valence-corrected chi connectivity index (χ1v) is 27.9. The van der Waals surface area contributed by atoms with E-state index in [0.717, 1.165) is 22.3 Å². The van der Waals surface area contributed by atoms with Gasteiger partial charge in [-0.2, -0.15) is 0 Å². The Morgan fingerprint density at radius 1 is 0.301 bits per heavy atom. The number of carbonyl (C=O) groups is 2. The van der Waals surface area contributed by atoms with Crippen LogP contribution in [0.3, 0.4) is 0 Å². The van der Waals surface area contributed by atoms with Crippen molar-refractivity contribution in [3.8, 4) is 0 Å². The summed E-state index contributed by atoms with van der Waals surface area (Å²) in [6.45, 7) is 26.4. The van der Waals surface area contributed by atoms with Crippen molar-refractivity contribution in [3.63, 3.8) is 0 Å². The van der Waals surface area contributed by atoms with Crippen LogP contribution in [0.5, 0.6) is 0 Å². The molecule has 0 amide bonds. The molecule has 8 nitrogen and oxygen atoms in total. The van der Waals surface area contributed by atoms with Crippen molar-refractivity contribution in [3.05, 3.63) is 285 Å². The molecule has 0 fully saturated rings. The minimum absolute atomic E-state index is 0. The molecule has 6 aromatic carbocycles. The Kier molecular flexibility index (Phi) is 17.9. The summed E-state index contributed by atoms with van der Waals surface area (Å²) in [6, 6.07) is 50.0. The molecule has 10 rings (SSSR count). The van der Waals surface area contributed by atoms with Gasteiger partial charge in [-0.3, -0.25) is 9.59 Å². The molecular weight excluding hydrogens is 1070 g/mol. The van der Waals surface area contributed by atoms with Crippen LogP contribution in [0.1, 0.15) is 148 Å². The summed E-state index contributed by atoms with van der Waals surface area (Å²) in [5.41, 5.74) is 14.3. The average molecular weight is 1140 g/mol. The standard InChI is InChI=1S/2C37H36N2O2.Zn/c2*1-36(2,3)27-21-26(22-28(23-27)37(4,5)6)33(29-17-19-31(38-29)34(40)24-13-9-7-10-14-24)30-18-20-32(39-30)35(41)25-15-11-8-12-16-25;/h2*7-23,40H,1-6H3;/q;;+2/p-2/b2*33-30-,34-31-;. The van der Waals surface area contributed by atoms with E-state index in [0.29, 0.717) is 67.9 Å². The second-order valence-corrected chi connectivity index (χ2v) is 25.0.